The van der Waals surface area contributed by atoms with E-state index in [1.807, 2.05) is 0 Å². The molecule has 3 N–H and O–H groups in total. The number of hydrogen-bond acceptors (Lipinski definition) is 5. The molecule has 2 aromatic carbocycles. The molecule has 0 radical (unpaired) electrons. The summed E-state index contributed by atoms with van der Waals surface area (Å²) in [6.07, 6.45) is 0.0108. The summed E-state index contributed by atoms with van der Waals surface area (Å²) >= 11 is 6.01. The second-order valence-corrected chi connectivity index (χ2v) is 8.38. The third-order valence-corrected chi connectivity index (χ3v) is 6.07. The van der Waals surface area contributed by atoms with Crippen molar-refractivity contribution in [3.63, 3.8) is 0 Å². The van der Waals surface area contributed by atoms with Crippen molar-refractivity contribution in [2.75, 3.05) is 18.4 Å². The molecule has 29 heavy (non-hydrogen) atoms. The van der Waals surface area contributed by atoms with Gasteiger partial charge in [0, 0.05) is 22.7 Å². The van der Waals surface area contributed by atoms with Gasteiger partial charge in [-0.05, 0) is 36.8 Å². The van der Waals surface area contributed by atoms with Gasteiger partial charge in [0.25, 0.3) is 10.0 Å². The minimum Gasteiger partial charge on any atom is -0.347 e. The number of halogens is 1. The smallest absolute Gasteiger partial charge is 0.263 e. The fourth-order valence-electron chi connectivity index (χ4n) is 2.73. The normalized spacial score (nSPS) is 15.4. The zero-order chi connectivity index (χ0) is 21.0. The van der Waals surface area contributed by atoms with E-state index >= 15 is 0 Å². The highest BCUT2D eigenvalue weighted by Gasteiger charge is 2.29. The van der Waals surface area contributed by atoms with Gasteiger partial charge in [0.2, 0.25) is 11.8 Å². The molecule has 0 saturated carbocycles. The molecule has 0 bridgehead atoms. The van der Waals surface area contributed by atoms with E-state index in [4.69, 9.17) is 11.6 Å². The number of aliphatic imine (C=N–C) groups is 1. The monoisotopic (exact) mass is 434 g/mol. The zero-order valence-electron chi connectivity index (χ0n) is 15.5. The number of carbonyl (C=O) groups excluding carboxylic acids is 2. The molecule has 0 unspecified atom stereocenters. The maximum absolute atomic E-state index is 12.0. The van der Waals surface area contributed by atoms with Crippen molar-refractivity contribution in [3.8, 4) is 0 Å². The largest absolute Gasteiger partial charge is 0.347 e. The number of rotatable bonds is 6. The highest BCUT2D eigenvalue weighted by molar-refractivity contribution is 7.90. The van der Waals surface area contributed by atoms with Crippen LogP contribution in [0.4, 0.5) is 5.69 Å². The molecule has 0 aliphatic carbocycles. The molecule has 0 saturated heterocycles. The standard InChI is InChI=1S/C19H19ClN4O4S/c1-12-14(20)6-4-7-15(12)23-18(26)11-22-17(25)9-10-21-19-13-5-2-3-8-16(13)29(27,28)24-19/h2-8H,9-11H2,1H3,(H,21,24)(H,22,25)(H,23,26). The van der Waals surface area contributed by atoms with Crippen LogP contribution in [0.5, 0.6) is 0 Å². The van der Waals surface area contributed by atoms with Crippen LogP contribution < -0.4 is 15.4 Å². The Morgan fingerprint density at radius 2 is 1.86 bits per heavy atom. The summed E-state index contributed by atoms with van der Waals surface area (Å²) in [4.78, 5) is 28.3. The quantitative estimate of drug-likeness (QED) is 0.643. The number of nitrogens with zero attached hydrogens (tertiary/aromatic N) is 1. The first kappa shape index (κ1) is 20.8. The number of nitrogens with one attached hydrogen (secondary N) is 3. The first-order valence-electron chi connectivity index (χ1n) is 8.76. The summed E-state index contributed by atoms with van der Waals surface area (Å²) in [5.41, 5.74) is 1.79. The Bertz CT molecular complexity index is 1100. The zero-order valence-corrected chi connectivity index (χ0v) is 17.1. The lowest BCUT2D eigenvalue weighted by molar-refractivity contribution is -0.124. The number of benzene rings is 2. The predicted octanol–water partition coefficient (Wildman–Crippen LogP) is 1.83. The number of fused-ring (bicyclic) bond motifs is 1. The fraction of sp³-hybridized carbons (Fsp3) is 0.211. The van der Waals surface area contributed by atoms with Crippen LogP contribution in [0.1, 0.15) is 17.5 Å². The molecule has 152 valence electrons. The Morgan fingerprint density at radius 3 is 2.66 bits per heavy atom. The topological polar surface area (TPSA) is 117 Å². The Balaban J connectivity index is 1.49. The number of anilines is 1. The third kappa shape index (κ3) is 4.93. The van der Waals surface area contributed by atoms with Crippen molar-refractivity contribution in [2.24, 2.45) is 4.99 Å². The van der Waals surface area contributed by atoms with Gasteiger partial charge in [0.1, 0.15) is 5.84 Å². The summed E-state index contributed by atoms with van der Waals surface area (Å²) in [6, 6.07) is 11.6. The Morgan fingerprint density at radius 1 is 1.10 bits per heavy atom. The van der Waals surface area contributed by atoms with Crippen LogP contribution in [0.15, 0.2) is 52.4 Å². The lowest BCUT2D eigenvalue weighted by atomic mass is 10.2. The van der Waals surface area contributed by atoms with Gasteiger partial charge in [-0.15, -0.1) is 0 Å². The van der Waals surface area contributed by atoms with Crippen LogP contribution >= 0.6 is 11.6 Å². The molecule has 0 atom stereocenters. The minimum atomic E-state index is -3.61. The molecule has 1 heterocycles. The van der Waals surface area contributed by atoms with Gasteiger partial charge in [-0.1, -0.05) is 29.8 Å². The van der Waals surface area contributed by atoms with Crippen molar-refractivity contribution in [1.29, 1.82) is 0 Å². The second-order valence-electron chi connectivity index (χ2n) is 6.32. The van der Waals surface area contributed by atoms with Gasteiger partial charge in [-0.3, -0.25) is 19.3 Å². The Kier molecular flexibility index (Phi) is 6.19. The Hall–Kier alpha value is -2.91. The first-order valence-corrected chi connectivity index (χ1v) is 10.6. The molecule has 10 heteroatoms. The average molecular weight is 435 g/mol. The van der Waals surface area contributed by atoms with Crippen molar-refractivity contribution in [2.45, 2.75) is 18.2 Å². The summed E-state index contributed by atoms with van der Waals surface area (Å²) in [5.74, 6) is -0.545. The molecule has 0 aromatic heterocycles. The molecule has 2 amide bonds. The maximum Gasteiger partial charge on any atom is 0.263 e. The van der Waals surface area contributed by atoms with Gasteiger partial charge >= 0.3 is 0 Å². The Labute approximate surface area is 173 Å². The van der Waals surface area contributed by atoms with Crippen LogP contribution in [0.25, 0.3) is 0 Å². The molecule has 1 aliphatic rings. The van der Waals surface area contributed by atoms with E-state index in [1.54, 1.807) is 43.3 Å². The number of amidine groups is 1. The highest BCUT2D eigenvalue weighted by Crippen LogP contribution is 2.23. The number of hydrogen-bond donors (Lipinski definition) is 3. The average Bonchev–Trinajstić information content (AvgIpc) is 2.95. The fourth-order valence-corrected chi connectivity index (χ4v) is 4.15. The summed E-state index contributed by atoms with van der Waals surface area (Å²) < 4.78 is 26.4. The summed E-state index contributed by atoms with van der Waals surface area (Å²) in [5, 5.41) is 5.73. The van der Waals surface area contributed by atoms with Gasteiger partial charge in [-0.2, -0.15) is 0 Å². The number of amides is 2. The van der Waals surface area contributed by atoms with Crippen molar-refractivity contribution >= 4 is 45.0 Å². The van der Waals surface area contributed by atoms with Gasteiger partial charge in [-0.25, -0.2) is 8.42 Å². The van der Waals surface area contributed by atoms with E-state index in [0.29, 0.717) is 16.3 Å². The number of sulfonamides is 1. The van der Waals surface area contributed by atoms with E-state index in [1.165, 1.54) is 6.07 Å². The molecular weight excluding hydrogens is 416 g/mol. The van der Waals surface area contributed by atoms with E-state index in [0.717, 1.165) is 5.56 Å². The predicted molar refractivity (Wildman–Crippen MR) is 111 cm³/mol. The minimum absolute atomic E-state index is 0.0108. The van der Waals surface area contributed by atoms with E-state index < -0.39 is 10.0 Å². The van der Waals surface area contributed by atoms with E-state index in [2.05, 4.69) is 20.3 Å². The molecule has 8 nitrogen and oxygen atoms in total. The van der Waals surface area contributed by atoms with E-state index in [9.17, 15) is 18.0 Å². The molecular formula is C19H19ClN4O4S. The molecule has 0 fully saturated rings. The van der Waals surface area contributed by atoms with Crippen LogP contribution in [-0.4, -0.2) is 39.2 Å². The molecule has 1 aliphatic heterocycles. The molecule has 3 rings (SSSR count). The molecule has 0 spiro atoms. The lowest BCUT2D eigenvalue weighted by Gasteiger charge is -2.10. The third-order valence-electron chi connectivity index (χ3n) is 4.26. The highest BCUT2D eigenvalue weighted by atomic mass is 35.5. The van der Waals surface area contributed by atoms with Gasteiger partial charge in [0.15, 0.2) is 0 Å². The van der Waals surface area contributed by atoms with Crippen LogP contribution in [-0.2, 0) is 19.6 Å². The van der Waals surface area contributed by atoms with Crippen LogP contribution in [0, 0.1) is 6.92 Å². The van der Waals surface area contributed by atoms with Crippen LogP contribution in [0.2, 0.25) is 5.02 Å². The second kappa shape index (κ2) is 8.62. The van der Waals surface area contributed by atoms with Crippen LogP contribution in [0.3, 0.4) is 0 Å². The van der Waals surface area contributed by atoms with Crippen molar-refractivity contribution < 1.29 is 18.0 Å². The number of carbonyl (C=O) groups is 2. The van der Waals surface area contributed by atoms with Crippen molar-refractivity contribution in [1.82, 2.24) is 10.0 Å². The lowest BCUT2D eigenvalue weighted by Crippen LogP contribution is -2.33. The summed E-state index contributed by atoms with van der Waals surface area (Å²) in [6.45, 7) is 1.66. The molecule has 2 aromatic rings. The summed E-state index contributed by atoms with van der Waals surface area (Å²) in [7, 11) is -3.61. The van der Waals surface area contributed by atoms with Gasteiger partial charge in [0.05, 0.1) is 18.0 Å². The maximum atomic E-state index is 12.0. The van der Waals surface area contributed by atoms with Gasteiger partial charge < -0.3 is 10.6 Å². The van der Waals surface area contributed by atoms with E-state index in [-0.39, 0.29) is 42.1 Å². The van der Waals surface area contributed by atoms with Crippen molar-refractivity contribution in [3.05, 3.63) is 58.6 Å². The SMILES string of the molecule is Cc1c(Cl)cccc1NC(=O)CNC(=O)CCN=C1NS(=O)(=O)c2ccccc21. The first-order chi connectivity index (χ1) is 13.8.